The molecule has 1 saturated heterocycles. The van der Waals surface area contributed by atoms with Gasteiger partial charge in [0.25, 0.3) is 5.91 Å². The fourth-order valence-electron chi connectivity index (χ4n) is 3.44. The quantitative estimate of drug-likeness (QED) is 0.501. The average Bonchev–Trinajstić information content (AvgIpc) is 2.78. The van der Waals surface area contributed by atoms with E-state index < -0.39 is 34.5 Å². The lowest BCUT2D eigenvalue weighted by Crippen LogP contribution is -2.48. The van der Waals surface area contributed by atoms with Crippen LogP contribution in [0.1, 0.15) is 24.8 Å². The van der Waals surface area contributed by atoms with Crippen LogP contribution < -0.4 is 5.32 Å². The number of hydrogen-bond acceptors (Lipinski definition) is 6. The molecule has 1 unspecified atom stereocenters. The molecule has 0 radical (unpaired) electrons. The van der Waals surface area contributed by atoms with Crippen LogP contribution in [-0.2, 0) is 24.3 Å². The van der Waals surface area contributed by atoms with Gasteiger partial charge >= 0.3 is 5.97 Å². The number of nitrogens with zero attached hydrogens (tertiary/aromatic N) is 1. The number of nitrogens with one attached hydrogen (secondary N) is 1. The Kier molecular flexibility index (Phi) is 7.74. The minimum Gasteiger partial charge on any atom is -0.454 e. The summed E-state index contributed by atoms with van der Waals surface area (Å²) in [7, 11) is -3.84. The minimum absolute atomic E-state index is 0.143. The number of anilines is 1. The molecule has 0 saturated carbocycles. The van der Waals surface area contributed by atoms with Gasteiger partial charge in [-0.05, 0) is 56.7 Å². The van der Waals surface area contributed by atoms with Crippen LogP contribution in [0, 0.1) is 6.92 Å². The third kappa shape index (κ3) is 5.66. The van der Waals surface area contributed by atoms with Crippen molar-refractivity contribution in [1.29, 1.82) is 0 Å². The number of hydrogen-bond donors (Lipinski definition) is 1. The van der Waals surface area contributed by atoms with Crippen molar-refractivity contribution in [2.24, 2.45) is 0 Å². The third-order valence-electron chi connectivity index (χ3n) is 5.08. The molecule has 166 valence electrons. The highest BCUT2D eigenvalue weighted by Gasteiger charge is 2.38. The van der Waals surface area contributed by atoms with Crippen molar-refractivity contribution < 1.29 is 22.7 Å². The number of aryl methyl sites for hydroxylation is 1. The Balaban J connectivity index is 1.66. The molecule has 7 nitrogen and oxygen atoms in total. The molecule has 0 aromatic heterocycles. The van der Waals surface area contributed by atoms with Crippen molar-refractivity contribution in [2.75, 3.05) is 24.7 Å². The van der Waals surface area contributed by atoms with E-state index in [1.54, 1.807) is 24.3 Å². The van der Waals surface area contributed by atoms with E-state index >= 15 is 0 Å². The number of esters is 1. The van der Waals surface area contributed by atoms with Gasteiger partial charge in [-0.25, -0.2) is 8.42 Å². The summed E-state index contributed by atoms with van der Waals surface area (Å²) in [4.78, 5) is 26.0. The predicted octanol–water partition coefficient (Wildman–Crippen LogP) is 3.44. The van der Waals surface area contributed by atoms with Crippen molar-refractivity contribution in [3.8, 4) is 0 Å². The summed E-state index contributed by atoms with van der Waals surface area (Å²) in [6.07, 6.45) is 3.64. The Bertz CT molecular complexity index is 1040. The van der Waals surface area contributed by atoms with E-state index in [0.29, 0.717) is 24.9 Å². The van der Waals surface area contributed by atoms with Crippen LogP contribution in [0.5, 0.6) is 0 Å². The van der Waals surface area contributed by atoms with Gasteiger partial charge in [0.2, 0.25) is 10.0 Å². The SMILES string of the molecule is CSc1ccccc1NC(=O)COC(=O)C1CCCCN1S(=O)(=O)c1ccc(C)cc1. The van der Waals surface area contributed by atoms with Crippen LogP contribution in [0.4, 0.5) is 5.69 Å². The number of sulfonamides is 1. The first-order chi connectivity index (χ1) is 14.8. The summed E-state index contributed by atoms with van der Waals surface area (Å²) in [5.74, 6) is -1.18. The van der Waals surface area contributed by atoms with Gasteiger partial charge in [-0.1, -0.05) is 29.8 Å². The van der Waals surface area contributed by atoms with Crippen molar-refractivity contribution in [3.05, 3.63) is 54.1 Å². The highest BCUT2D eigenvalue weighted by Crippen LogP contribution is 2.27. The maximum Gasteiger partial charge on any atom is 0.324 e. The van der Waals surface area contributed by atoms with Gasteiger partial charge in [0.1, 0.15) is 6.04 Å². The lowest BCUT2D eigenvalue weighted by atomic mass is 10.1. The molecular formula is C22H26N2O5S2. The number of rotatable bonds is 7. The molecule has 1 aliphatic heterocycles. The van der Waals surface area contributed by atoms with E-state index in [4.69, 9.17) is 4.74 Å². The Morgan fingerprint density at radius 1 is 1.13 bits per heavy atom. The van der Waals surface area contributed by atoms with Gasteiger partial charge < -0.3 is 10.1 Å². The number of ether oxygens (including phenoxy) is 1. The van der Waals surface area contributed by atoms with Gasteiger partial charge in [-0.3, -0.25) is 9.59 Å². The molecule has 3 rings (SSSR count). The zero-order valence-corrected chi connectivity index (χ0v) is 19.2. The van der Waals surface area contributed by atoms with Crippen LogP contribution in [0.25, 0.3) is 0 Å². The standard InChI is InChI=1S/C22H26N2O5S2/c1-16-10-12-17(13-11-16)31(27,28)24-14-6-5-8-19(24)22(26)29-15-21(25)23-18-7-3-4-9-20(18)30-2/h3-4,7,9-13,19H,5-6,8,14-15H2,1-2H3,(H,23,25). The molecule has 2 aromatic carbocycles. The van der Waals surface area contributed by atoms with Gasteiger partial charge in [-0.2, -0.15) is 4.31 Å². The fraction of sp³-hybridized carbons (Fsp3) is 0.364. The first-order valence-electron chi connectivity index (χ1n) is 10.0. The first-order valence-corrected chi connectivity index (χ1v) is 12.7. The zero-order chi connectivity index (χ0) is 22.4. The van der Waals surface area contributed by atoms with Gasteiger partial charge in [0.05, 0.1) is 10.6 Å². The molecule has 31 heavy (non-hydrogen) atoms. The molecule has 2 aromatic rings. The lowest BCUT2D eigenvalue weighted by Gasteiger charge is -2.33. The van der Waals surface area contributed by atoms with Crippen LogP contribution in [0.3, 0.4) is 0 Å². The maximum absolute atomic E-state index is 13.1. The Morgan fingerprint density at radius 2 is 1.84 bits per heavy atom. The molecule has 0 bridgehead atoms. The van der Waals surface area contributed by atoms with Crippen LogP contribution in [-0.4, -0.2) is 50.0 Å². The van der Waals surface area contributed by atoms with Gasteiger partial charge in [-0.15, -0.1) is 11.8 Å². The number of piperidine rings is 1. The van der Waals surface area contributed by atoms with E-state index in [1.165, 1.54) is 28.2 Å². The zero-order valence-electron chi connectivity index (χ0n) is 17.5. The second kappa shape index (κ2) is 10.3. The molecule has 1 heterocycles. The molecule has 9 heteroatoms. The van der Waals surface area contributed by atoms with Crippen molar-refractivity contribution in [3.63, 3.8) is 0 Å². The third-order valence-corrected chi connectivity index (χ3v) is 7.80. The predicted molar refractivity (Wildman–Crippen MR) is 121 cm³/mol. The highest BCUT2D eigenvalue weighted by atomic mass is 32.2. The van der Waals surface area contributed by atoms with Crippen molar-refractivity contribution >= 4 is 39.3 Å². The summed E-state index contributed by atoms with van der Waals surface area (Å²) in [5.41, 5.74) is 1.58. The molecule has 0 spiro atoms. The van der Waals surface area contributed by atoms with E-state index in [0.717, 1.165) is 10.5 Å². The second-order valence-electron chi connectivity index (χ2n) is 7.30. The topological polar surface area (TPSA) is 92.8 Å². The second-order valence-corrected chi connectivity index (χ2v) is 10.0. The number of benzene rings is 2. The van der Waals surface area contributed by atoms with Crippen molar-refractivity contribution in [2.45, 2.75) is 42.0 Å². The first kappa shape index (κ1) is 23.3. The summed E-state index contributed by atoms with van der Waals surface area (Å²) < 4.78 is 32.6. The molecule has 1 fully saturated rings. The largest absolute Gasteiger partial charge is 0.454 e. The van der Waals surface area contributed by atoms with E-state index in [2.05, 4.69) is 5.32 Å². The van der Waals surface area contributed by atoms with Gasteiger partial charge in [0.15, 0.2) is 6.61 Å². The number of para-hydroxylation sites is 1. The highest BCUT2D eigenvalue weighted by molar-refractivity contribution is 7.98. The number of amides is 1. The smallest absolute Gasteiger partial charge is 0.324 e. The van der Waals surface area contributed by atoms with Crippen LogP contribution >= 0.6 is 11.8 Å². The molecule has 1 amide bonds. The van der Waals surface area contributed by atoms with E-state index in [9.17, 15) is 18.0 Å². The molecular weight excluding hydrogens is 436 g/mol. The summed E-state index contributed by atoms with van der Waals surface area (Å²) in [5, 5.41) is 2.72. The molecule has 1 aliphatic rings. The van der Waals surface area contributed by atoms with Crippen LogP contribution in [0.2, 0.25) is 0 Å². The number of carbonyl (C=O) groups is 2. The Labute approximate surface area is 187 Å². The van der Waals surface area contributed by atoms with Crippen molar-refractivity contribution in [1.82, 2.24) is 4.31 Å². The average molecular weight is 463 g/mol. The van der Waals surface area contributed by atoms with E-state index in [1.807, 2.05) is 25.3 Å². The summed E-state index contributed by atoms with van der Waals surface area (Å²) in [6, 6.07) is 12.9. The maximum atomic E-state index is 13.1. The lowest BCUT2D eigenvalue weighted by molar-refractivity contribution is -0.152. The van der Waals surface area contributed by atoms with Crippen LogP contribution in [0.15, 0.2) is 58.3 Å². The van der Waals surface area contributed by atoms with Gasteiger partial charge in [0, 0.05) is 11.4 Å². The molecule has 0 aliphatic carbocycles. The number of carbonyl (C=O) groups excluding carboxylic acids is 2. The minimum atomic E-state index is -3.84. The number of thioether (sulfide) groups is 1. The molecule has 1 atom stereocenters. The summed E-state index contributed by atoms with van der Waals surface area (Å²) >= 11 is 1.49. The summed E-state index contributed by atoms with van der Waals surface area (Å²) in [6.45, 7) is 1.64. The molecule has 1 N–H and O–H groups in total. The fourth-order valence-corrected chi connectivity index (χ4v) is 5.64. The Morgan fingerprint density at radius 3 is 2.55 bits per heavy atom. The van der Waals surface area contributed by atoms with E-state index in [-0.39, 0.29) is 11.4 Å². The Hall–Kier alpha value is -2.36. The monoisotopic (exact) mass is 462 g/mol. The normalized spacial score (nSPS) is 17.2.